The normalized spacial score (nSPS) is 12.6. The van der Waals surface area contributed by atoms with Crippen LogP contribution >= 0.6 is 0 Å². The van der Waals surface area contributed by atoms with Gasteiger partial charge < -0.3 is 4.57 Å². The molecular formula is C33H35N. The van der Waals surface area contributed by atoms with Crippen molar-refractivity contribution in [3.63, 3.8) is 0 Å². The standard InChI is InChI=1S/C33H35N/c1-22-13-8-10-17-29(22)34-30-18-11-9-14-27(30)28-16-12-15-26(31(28)34)23-19-24(32(2,3)4)21-25(20-23)33(5,6)7/h8-21H,1-7H3. The number of para-hydroxylation sites is 3. The predicted octanol–water partition coefficient (Wildman–Crippen LogP) is 9.35. The number of aryl methyl sites for hydroxylation is 1. The van der Waals surface area contributed by atoms with Gasteiger partial charge in [0.25, 0.3) is 0 Å². The Hall–Kier alpha value is -3.32. The molecule has 0 unspecified atom stereocenters. The maximum atomic E-state index is 2.47. The Morgan fingerprint density at radius 1 is 0.588 bits per heavy atom. The second kappa shape index (κ2) is 7.87. The highest BCUT2D eigenvalue weighted by Crippen LogP contribution is 2.41. The molecule has 5 aromatic rings. The Bertz CT molecular complexity index is 1480. The molecule has 5 rings (SSSR count). The fourth-order valence-electron chi connectivity index (χ4n) is 4.97. The number of nitrogens with zero attached hydrogens (tertiary/aromatic N) is 1. The van der Waals surface area contributed by atoms with Gasteiger partial charge in [0.2, 0.25) is 0 Å². The summed E-state index contributed by atoms with van der Waals surface area (Å²) in [5.74, 6) is 0. The minimum atomic E-state index is 0.0760. The quantitative estimate of drug-likeness (QED) is 0.255. The molecule has 0 aliphatic heterocycles. The monoisotopic (exact) mass is 445 g/mol. The SMILES string of the molecule is Cc1ccccc1-n1c2ccccc2c2cccc(-c3cc(C(C)(C)C)cc(C(C)(C)C)c3)c21. The molecule has 0 atom stereocenters. The Balaban J connectivity index is 1.93. The Morgan fingerprint density at radius 3 is 1.82 bits per heavy atom. The molecule has 4 aromatic carbocycles. The summed E-state index contributed by atoms with van der Waals surface area (Å²) in [5.41, 5.74) is 10.5. The molecule has 1 heteroatoms. The van der Waals surface area contributed by atoms with Crippen LogP contribution in [0.3, 0.4) is 0 Å². The molecule has 172 valence electrons. The van der Waals surface area contributed by atoms with Gasteiger partial charge in [-0.2, -0.15) is 0 Å². The van der Waals surface area contributed by atoms with Crippen LogP contribution < -0.4 is 0 Å². The van der Waals surface area contributed by atoms with Gasteiger partial charge in [0, 0.05) is 22.0 Å². The first-order valence-electron chi connectivity index (χ1n) is 12.3. The van der Waals surface area contributed by atoms with Gasteiger partial charge in [0.1, 0.15) is 0 Å². The minimum Gasteiger partial charge on any atom is -0.308 e. The molecular weight excluding hydrogens is 410 g/mol. The van der Waals surface area contributed by atoms with Crippen LogP contribution in [0.1, 0.15) is 58.2 Å². The lowest BCUT2D eigenvalue weighted by molar-refractivity contribution is 0.569. The number of hydrogen-bond acceptors (Lipinski definition) is 0. The van der Waals surface area contributed by atoms with Crippen LogP contribution in [0.25, 0.3) is 38.6 Å². The molecule has 1 aromatic heterocycles. The van der Waals surface area contributed by atoms with E-state index in [2.05, 4.69) is 138 Å². The van der Waals surface area contributed by atoms with Gasteiger partial charge in [-0.3, -0.25) is 0 Å². The lowest BCUT2D eigenvalue weighted by atomic mass is 9.79. The fourth-order valence-corrected chi connectivity index (χ4v) is 4.97. The van der Waals surface area contributed by atoms with Crippen molar-refractivity contribution in [3.8, 4) is 16.8 Å². The fraction of sp³-hybridized carbons (Fsp3) is 0.273. The third-order valence-electron chi connectivity index (χ3n) is 7.03. The maximum Gasteiger partial charge on any atom is 0.0619 e. The van der Waals surface area contributed by atoms with E-state index in [-0.39, 0.29) is 10.8 Å². The molecule has 1 nitrogen and oxygen atoms in total. The Kier molecular flexibility index (Phi) is 5.20. The van der Waals surface area contributed by atoms with E-state index >= 15 is 0 Å². The van der Waals surface area contributed by atoms with E-state index in [0.29, 0.717) is 0 Å². The second-order valence-electron chi connectivity index (χ2n) is 11.6. The van der Waals surface area contributed by atoms with Gasteiger partial charge in [-0.1, -0.05) is 114 Å². The van der Waals surface area contributed by atoms with E-state index in [1.165, 1.54) is 55.3 Å². The van der Waals surface area contributed by atoms with Crippen LogP contribution in [-0.4, -0.2) is 4.57 Å². The van der Waals surface area contributed by atoms with Crippen LogP contribution in [0.5, 0.6) is 0 Å². The van der Waals surface area contributed by atoms with Gasteiger partial charge in [0.15, 0.2) is 0 Å². The molecule has 0 spiro atoms. The highest BCUT2D eigenvalue weighted by atomic mass is 15.0. The molecule has 0 saturated carbocycles. The van der Waals surface area contributed by atoms with E-state index in [0.717, 1.165) is 0 Å². The van der Waals surface area contributed by atoms with E-state index < -0.39 is 0 Å². The van der Waals surface area contributed by atoms with E-state index in [1.807, 2.05) is 0 Å². The van der Waals surface area contributed by atoms with Gasteiger partial charge in [-0.15, -0.1) is 0 Å². The van der Waals surface area contributed by atoms with Gasteiger partial charge >= 0.3 is 0 Å². The molecule has 0 aliphatic rings. The average Bonchev–Trinajstić information content (AvgIpc) is 3.12. The Morgan fingerprint density at radius 2 is 1.18 bits per heavy atom. The largest absolute Gasteiger partial charge is 0.308 e. The van der Waals surface area contributed by atoms with Gasteiger partial charge in [-0.05, 0) is 52.1 Å². The van der Waals surface area contributed by atoms with E-state index in [9.17, 15) is 0 Å². The smallest absolute Gasteiger partial charge is 0.0619 e. The van der Waals surface area contributed by atoms with Crippen LogP contribution in [0.15, 0.2) is 84.9 Å². The summed E-state index contributed by atoms with van der Waals surface area (Å²) in [7, 11) is 0. The summed E-state index contributed by atoms with van der Waals surface area (Å²) in [5, 5.41) is 2.60. The van der Waals surface area contributed by atoms with Crippen LogP contribution in [0, 0.1) is 6.92 Å². The van der Waals surface area contributed by atoms with Crippen molar-refractivity contribution in [3.05, 3.63) is 102 Å². The summed E-state index contributed by atoms with van der Waals surface area (Å²) in [6.07, 6.45) is 0. The lowest BCUT2D eigenvalue weighted by Gasteiger charge is -2.26. The highest BCUT2D eigenvalue weighted by Gasteiger charge is 2.23. The van der Waals surface area contributed by atoms with Crippen molar-refractivity contribution in [1.29, 1.82) is 0 Å². The summed E-state index contributed by atoms with van der Waals surface area (Å²) in [6.45, 7) is 16.1. The lowest BCUT2D eigenvalue weighted by Crippen LogP contribution is -2.16. The predicted molar refractivity (Wildman–Crippen MR) is 148 cm³/mol. The third kappa shape index (κ3) is 3.74. The molecule has 0 N–H and O–H groups in total. The summed E-state index contributed by atoms with van der Waals surface area (Å²) in [6, 6.07) is 31.5. The van der Waals surface area contributed by atoms with Crippen molar-refractivity contribution in [2.24, 2.45) is 0 Å². The van der Waals surface area contributed by atoms with Crippen LogP contribution in [0.4, 0.5) is 0 Å². The summed E-state index contributed by atoms with van der Waals surface area (Å²) < 4.78 is 2.47. The van der Waals surface area contributed by atoms with E-state index in [4.69, 9.17) is 0 Å². The van der Waals surface area contributed by atoms with Crippen LogP contribution in [-0.2, 0) is 10.8 Å². The molecule has 0 aliphatic carbocycles. The van der Waals surface area contributed by atoms with Crippen LogP contribution in [0.2, 0.25) is 0 Å². The van der Waals surface area contributed by atoms with Crippen molar-refractivity contribution < 1.29 is 0 Å². The second-order valence-corrected chi connectivity index (χ2v) is 11.6. The van der Waals surface area contributed by atoms with Crippen molar-refractivity contribution in [1.82, 2.24) is 4.57 Å². The first kappa shape index (κ1) is 22.5. The Labute approximate surface area is 204 Å². The zero-order chi connectivity index (χ0) is 24.3. The average molecular weight is 446 g/mol. The van der Waals surface area contributed by atoms with Crippen molar-refractivity contribution in [2.45, 2.75) is 59.3 Å². The van der Waals surface area contributed by atoms with Crippen molar-refractivity contribution >= 4 is 21.8 Å². The van der Waals surface area contributed by atoms with Crippen molar-refractivity contribution in [2.75, 3.05) is 0 Å². The summed E-state index contributed by atoms with van der Waals surface area (Å²) >= 11 is 0. The minimum absolute atomic E-state index is 0.0760. The maximum absolute atomic E-state index is 2.47. The third-order valence-corrected chi connectivity index (χ3v) is 7.03. The van der Waals surface area contributed by atoms with E-state index in [1.54, 1.807) is 0 Å². The highest BCUT2D eigenvalue weighted by molar-refractivity contribution is 6.13. The first-order valence-corrected chi connectivity index (χ1v) is 12.3. The number of fused-ring (bicyclic) bond motifs is 3. The van der Waals surface area contributed by atoms with Gasteiger partial charge in [-0.25, -0.2) is 0 Å². The molecule has 0 amide bonds. The number of aromatic nitrogens is 1. The zero-order valence-electron chi connectivity index (χ0n) is 21.5. The molecule has 0 saturated heterocycles. The van der Waals surface area contributed by atoms with Gasteiger partial charge in [0.05, 0.1) is 11.0 Å². The molecule has 0 radical (unpaired) electrons. The molecule has 34 heavy (non-hydrogen) atoms. The number of rotatable bonds is 2. The molecule has 0 fully saturated rings. The summed E-state index contributed by atoms with van der Waals surface area (Å²) in [4.78, 5) is 0. The number of benzene rings is 4. The molecule has 1 heterocycles. The first-order chi connectivity index (χ1) is 16.1. The topological polar surface area (TPSA) is 4.93 Å². The molecule has 0 bridgehead atoms. The number of hydrogen-bond donors (Lipinski definition) is 0. The zero-order valence-corrected chi connectivity index (χ0v) is 21.5.